The second kappa shape index (κ2) is 7.23. The van der Waals surface area contributed by atoms with Crippen molar-refractivity contribution < 1.29 is 9.53 Å². The van der Waals surface area contributed by atoms with Crippen LogP contribution in [0.4, 0.5) is 0 Å². The van der Waals surface area contributed by atoms with Crippen LogP contribution in [0.5, 0.6) is 0 Å². The normalized spacial score (nSPS) is 10.6. The van der Waals surface area contributed by atoms with Crippen molar-refractivity contribution in [2.75, 3.05) is 11.9 Å². The Morgan fingerprint density at radius 3 is 2.62 bits per heavy atom. The second-order valence-corrected chi connectivity index (χ2v) is 4.06. The lowest BCUT2D eigenvalue weighted by Crippen LogP contribution is -1.98. The fourth-order valence-electron chi connectivity index (χ4n) is 1.26. The molecule has 0 radical (unpaired) electrons. The molecule has 0 aromatic heterocycles. The van der Waals surface area contributed by atoms with Gasteiger partial charge in [0.1, 0.15) is 0 Å². The molecule has 1 rings (SSSR count). The Morgan fingerprint density at radius 1 is 1.38 bits per heavy atom. The van der Waals surface area contributed by atoms with Crippen LogP contribution >= 0.6 is 15.9 Å². The van der Waals surface area contributed by atoms with Crippen molar-refractivity contribution in [2.24, 2.45) is 0 Å². The van der Waals surface area contributed by atoms with Gasteiger partial charge in [0.15, 0.2) is 0 Å². The monoisotopic (exact) mass is 282 g/mol. The number of hydrogen-bond acceptors (Lipinski definition) is 2. The highest BCUT2D eigenvalue weighted by Crippen LogP contribution is 2.07. The molecule has 16 heavy (non-hydrogen) atoms. The first kappa shape index (κ1) is 13.0. The molecule has 3 heteroatoms. The van der Waals surface area contributed by atoms with Crippen molar-refractivity contribution in [3.8, 4) is 0 Å². The van der Waals surface area contributed by atoms with Crippen LogP contribution in [-0.4, -0.2) is 17.9 Å². The van der Waals surface area contributed by atoms with Crippen molar-refractivity contribution in [3.63, 3.8) is 0 Å². The molecular weight excluding hydrogens is 268 g/mol. The quantitative estimate of drug-likeness (QED) is 0.471. The summed E-state index contributed by atoms with van der Waals surface area (Å²) < 4.78 is 4.79. The Balaban J connectivity index is 2.57. The van der Waals surface area contributed by atoms with Gasteiger partial charge in [-0.2, -0.15) is 0 Å². The third kappa shape index (κ3) is 4.62. The van der Waals surface area contributed by atoms with E-state index in [0.717, 1.165) is 17.3 Å². The van der Waals surface area contributed by atoms with Crippen LogP contribution in [0.1, 0.15) is 18.1 Å². The van der Waals surface area contributed by atoms with Crippen LogP contribution in [0.3, 0.4) is 0 Å². The molecule has 0 unspecified atom stereocenters. The fraction of sp³-hybridized carbons (Fsp3) is 0.308. The minimum absolute atomic E-state index is 0.299. The molecule has 0 spiro atoms. The minimum atomic E-state index is -0.299. The molecule has 0 aliphatic rings. The zero-order valence-corrected chi connectivity index (χ0v) is 10.9. The molecule has 0 bridgehead atoms. The van der Waals surface area contributed by atoms with Crippen LogP contribution in [0.2, 0.25) is 0 Å². The molecule has 86 valence electrons. The van der Waals surface area contributed by atoms with Gasteiger partial charge in [-0.05, 0) is 30.5 Å². The first-order chi connectivity index (χ1) is 7.76. The Kier molecular flexibility index (Phi) is 5.86. The highest BCUT2D eigenvalue weighted by molar-refractivity contribution is 9.09. The lowest BCUT2D eigenvalue weighted by Gasteiger charge is -1.99. The van der Waals surface area contributed by atoms with Gasteiger partial charge in [0.05, 0.1) is 6.61 Å². The number of ether oxygens (including phenoxy) is 1. The lowest BCUT2D eigenvalue weighted by molar-refractivity contribution is -0.137. The number of halogens is 1. The van der Waals surface area contributed by atoms with E-state index < -0.39 is 0 Å². The van der Waals surface area contributed by atoms with Gasteiger partial charge in [-0.25, -0.2) is 4.79 Å². The van der Waals surface area contributed by atoms with Gasteiger partial charge >= 0.3 is 5.97 Å². The van der Waals surface area contributed by atoms with Gasteiger partial charge < -0.3 is 4.74 Å². The summed E-state index contributed by atoms with van der Waals surface area (Å²) in [4.78, 5) is 11.1. The number of esters is 1. The SMILES string of the molecule is CCOC(=O)C=Cc1ccc(CCBr)cc1. The van der Waals surface area contributed by atoms with E-state index in [1.807, 2.05) is 12.1 Å². The predicted octanol–water partition coefficient (Wildman–Crippen LogP) is 3.20. The smallest absolute Gasteiger partial charge is 0.330 e. The summed E-state index contributed by atoms with van der Waals surface area (Å²) in [6.07, 6.45) is 4.22. The average Bonchev–Trinajstić information content (AvgIpc) is 2.29. The topological polar surface area (TPSA) is 26.3 Å². The first-order valence-electron chi connectivity index (χ1n) is 5.26. The maximum Gasteiger partial charge on any atom is 0.330 e. The third-order valence-electron chi connectivity index (χ3n) is 2.06. The Labute approximate surface area is 104 Å². The van der Waals surface area contributed by atoms with Gasteiger partial charge in [0.25, 0.3) is 0 Å². The molecule has 0 saturated carbocycles. The van der Waals surface area contributed by atoms with E-state index in [9.17, 15) is 4.79 Å². The Morgan fingerprint density at radius 2 is 2.06 bits per heavy atom. The summed E-state index contributed by atoms with van der Waals surface area (Å²) in [7, 11) is 0. The fourth-order valence-corrected chi connectivity index (χ4v) is 1.72. The van der Waals surface area contributed by atoms with E-state index in [1.165, 1.54) is 11.6 Å². The van der Waals surface area contributed by atoms with Crippen molar-refractivity contribution >= 4 is 28.0 Å². The largest absolute Gasteiger partial charge is 0.463 e. The molecule has 0 heterocycles. The highest BCUT2D eigenvalue weighted by Gasteiger charge is 1.94. The molecule has 0 amide bonds. The van der Waals surface area contributed by atoms with Gasteiger partial charge in [-0.15, -0.1) is 0 Å². The average molecular weight is 283 g/mol. The van der Waals surface area contributed by atoms with E-state index >= 15 is 0 Å². The number of hydrogen-bond donors (Lipinski definition) is 0. The van der Waals surface area contributed by atoms with Gasteiger partial charge in [-0.1, -0.05) is 40.2 Å². The number of benzene rings is 1. The van der Waals surface area contributed by atoms with Gasteiger partial charge in [0.2, 0.25) is 0 Å². The number of alkyl halides is 1. The lowest BCUT2D eigenvalue weighted by atomic mass is 10.1. The number of rotatable bonds is 5. The third-order valence-corrected chi connectivity index (χ3v) is 2.46. The summed E-state index contributed by atoms with van der Waals surface area (Å²) in [5.74, 6) is -0.299. The maximum atomic E-state index is 11.1. The van der Waals surface area contributed by atoms with Crippen molar-refractivity contribution in [2.45, 2.75) is 13.3 Å². The van der Waals surface area contributed by atoms with Crippen LogP contribution in [0.25, 0.3) is 6.08 Å². The highest BCUT2D eigenvalue weighted by atomic mass is 79.9. The van der Waals surface area contributed by atoms with Crippen molar-refractivity contribution in [1.82, 2.24) is 0 Å². The summed E-state index contributed by atoms with van der Waals surface area (Å²) in [6.45, 7) is 2.20. The zero-order valence-electron chi connectivity index (χ0n) is 9.28. The number of carbonyl (C=O) groups is 1. The second-order valence-electron chi connectivity index (χ2n) is 3.27. The molecule has 0 atom stereocenters. The van der Waals surface area contributed by atoms with E-state index in [1.54, 1.807) is 13.0 Å². The Bertz CT molecular complexity index is 355. The molecule has 0 saturated heterocycles. The summed E-state index contributed by atoms with van der Waals surface area (Å²) in [6, 6.07) is 8.11. The summed E-state index contributed by atoms with van der Waals surface area (Å²) >= 11 is 3.40. The minimum Gasteiger partial charge on any atom is -0.463 e. The van der Waals surface area contributed by atoms with Gasteiger partial charge in [0, 0.05) is 11.4 Å². The number of carbonyl (C=O) groups excluding carboxylic acids is 1. The van der Waals surface area contributed by atoms with Crippen LogP contribution in [-0.2, 0) is 16.0 Å². The van der Waals surface area contributed by atoms with Crippen LogP contribution in [0.15, 0.2) is 30.3 Å². The van der Waals surface area contributed by atoms with Crippen LogP contribution < -0.4 is 0 Å². The molecule has 0 aliphatic heterocycles. The van der Waals surface area contributed by atoms with Crippen LogP contribution in [0, 0.1) is 0 Å². The molecular formula is C13H15BrO2. The standard InChI is InChI=1S/C13H15BrO2/c1-2-16-13(15)8-7-11-3-5-12(6-4-11)9-10-14/h3-8H,2,9-10H2,1H3. The Hall–Kier alpha value is -1.09. The van der Waals surface area contributed by atoms with Gasteiger partial charge in [-0.3, -0.25) is 0 Å². The molecule has 0 aliphatic carbocycles. The van der Waals surface area contributed by atoms with Crippen molar-refractivity contribution in [3.05, 3.63) is 41.5 Å². The van der Waals surface area contributed by atoms with E-state index in [0.29, 0.717) is 6.61 Å². The maximum absolute atomic E-state index is 11.1. The molecule has 2 nitrogen and oxygen atoms in total. The molecule has 1 aromatic rings. The first-order valence-corrected chi connectivity index (χ1v) is 6.38. The van der Waals surface area contributed by atoms with E-state index in [2.05, 4.69) is 28.1 Å². The zero-order chi connectivity index (χ0) is 11.8. The predicted molar refractivity (Wildman–Crippen MR) is 69.6 cm³/mol. The van der Waals surface area contributed by atoms with E-state index in [-0.39, 0.29) is 5.97 Å². The molecule has 1 aromatic carbocycles. The van der Waals surface area contributed by atoms with Crippen molar-refractivity contribution in [1.29, 1.82) is 0 Å². The summed E-state index contributed by atoms with van der Waals surface area (Å²) in [5.41, 5.74) is 2.29. The molecule has 0 fully saturated rings. The number of aryl methyl sites for hydroxylation is 1. The summed E-state index contributed by atoms with van der Waals surface area (Å²) in [5, 5.41) is 0.963. The molecule has 0 N–H and O–H groups in total. The van der Waals surface area contributed by atoms with E-state index in [4.69, 9.17) is 4.74 Å².